The van der Waals surface area contributed by atoms with Crippen molar-refractivity contribution >= 4 is 0 Å². The Labute approximate surface area is 96.3 Å². The predicted molar refractivity (Wildman–Crippen MR) is 61.2 cm³/mol. The fraction of sp³-hybridized carbons (Fsp3) is 0.750. The quantitative estimate of drug-likeness (QED) is 0.837. The van der Waals surface area contributed by atoms with Gasteiger partial charge in [-0.2, -0.15) is 4.98 Å². The standard InChI is InChI=1S/C12H20N2O2/c1-9-5-4-6-12(7-9,16-3)11-13-10(15)8-14(11)2/h8-9,15H,4-7H2,1-3H3. The topological polar surface area (TPSA) is 47.3 Å². The Morgan fingerprint density at radius 1 is 1.62 bits per heavy atom. The van der Waals surface area contributed by atoms with Crippen molar-refractivity contribution in [3.63, 3.8) is 0 Å². The minimum absolute atomic E-state index is 0.0761. The smallest absolute Gasteiger partial charge is 0.229 e. The van der Waals surface area contributed by atoms with Gasteiger partial charge in [0.2, 0.25) is 5.88 Å². The van der Waals surface area contributed by atoms with Crippen LogP contribution in [0.25, 0.3) is 0 Å². The van der Waals surface area contributed by atoms with Crippen molar-refractivity contribution in [2.45, 2.75) is 38.2 Å². The van der Waals surface area contributed by atoms with E-state index >= 15 is 0 Å². The molecule has 1 N–H and O–H groups in total. The first-order valence-electron chi connectivity index (χ1n) is 5.85. The third-order valence-corrected chi connectivity index (χ3v) is 3.62. The molecule has 0 spiro atoms. The summed E-state index contributed by atoms with van der Waals surface area (Å²) in [7, 11) is 3.64. The second-order valence-corrected chi connectivity index (χ2v) is 4.93. The highest BCUT2D eigenvalue weighted by Crippen LogP contribution is 2.42. The van der Waals surface area contributed by atoms with Crippen LogP contribution >= 0.6 is 0 Å². The Morgan fingerprint density at radius 3 is 2.88 bits per heavy atom. The fourth-order valence-corrected chi connectivity index (χ4v) is 2.86. The van der Waals surface area contributed by atoms with Crippen LogP contribution in [0.5, 0.6) is 5.88 Å². The molecule has 2 unspecified atom stereocenters. The fourth-order valence-electron chi connectivity index (χ4n) is 2.86. The summed E-state index contributed by atoms with van der Waals surface area (Å²) < 4.78 is 7.61. The monoisotopic (exact) mass is 224 g/mol. The van der Waals surface area contributed by atoms with Gasteiger partial charge < -0.3 is 14.4 Å². The minimum Gasteiger partial charge on any atom is -0.492 e. The van der Waals surface area contributed by atoms with Crippen LogP contribution in [-0.2, 0) is 17.4 Å². The van der Waals surface area contributed by atoms with E-state index in [-0.39, 0.29) is 11.5 Å². The molecule has 0 aromatic carbocycles. The van der Waals surface area contributed by atoms with E-state index in [4.69, 9.17) is 4.74 Å². The number of imidazole rings is 1. The summed E-state index contributed by atoms with van der Waals surface area (Å²) >= 11 is 0. The van der Waals surface area contributed by atoms with Gasteiger partial charge in [-0.05, 0) is 25.2 Å². The predicted octanol–water partition coefficient (Wildman–Crippen LogP) is 2.18. The zero-order valence-corrected chi connectivity index (χ0v) is 10.2. The summed E-state index contributed by atoms with van der Waals surface area (Å²) in [5, 5.41) is 9.45. The molecule has 4 nitrogen and oxygen atoms in total. The van der Waals surface area contributed by atoms with E-state index in [9.17, 15) is 5.11 Å². The van der Waals surface area contributed by atoms with E-state index in [1.807, 2.05) is 11.6 Å². The van der Waals surface area contributed by atoms with Crippen LogP contribution in [0.4, 0.5) is 0 Å². The van der Waals surface area contributed by atoms with Gasteiger partial charge in [-0.3, -0.25) is 0 Å². The third-order valence-electron chi connectivity index (χ3n) is 3.62. The lowest BCUT2D eigenvalue weighted by atomic mass is 9.78. The minimum atomic E-state index is -0.312. The van der Waals surface area contributed by atoms with Crippen molar-refractivity contribution in [1.29, 1.82) is 0 Å². The maximum Gasteiger partial charge on any atom is 0.229 e. The van der Waals surface area contributed by atoms with Crippen LogP contribution in [-0.4, -0.2) is 21.8 Å². The Kier molecular flexibility index (Phi) is 2.93. The van der Waals surface area contributed by atoms with Crippen molar-refractivity contribution in [2.24, 2.45) is 13.0 Å². The van der Waals surface area contributed by atoms with Gasteiger partial charge in [-0.25, -0.2) is 0 Å². The lowest BCUT2D eigenvalue weighted by Crippen LogP contribution is -2.36. The molecule has 2 rings (SSSR count). The van der Waals surface area contributed by atoms with Crippen molar-refractivity contribution < 1.29 is 9.84 Å². The summed E-state index contributed by atoms with van der Waals surface area (Å²) in [6, 6.07) is 0. The number of hydrogen-bond acceptors (Lipinski definition) is 3. The van der Waals surface area contributed by atoms with Crippen LogP contribution < -0.4 is 0 Å². The van der Waals surface area contributed by atoms with Gasteiger partial charge >= 0.3 is 0 Å². The highest BCUT2D eigenvalue weighted by atomic mass is 16.5. The van der Waals surface area contributed by atoms with E-state index in [0.29, 0.717) is 5.92 Å². The van der Waals surface area contributed by atoms with E-state index in [0.717, 1.165) is 25.1 Å². The van der Waals surface area contributed by atoms with E-state index in [1.165, 1.54) is 6.42 Å². The highest BCUT2D eigenvalue weighted by Gasteiger charge is 2.40. The molecular formula is C12H20N2O2. The number of aromatic hydroxyl groups is 1. The van der Waals surface area contributed by atoms with Crippen LogP contribution in [0.2, 0.25) is 0 Å². The number of hydrogen-bond donors (Lipinski definition) is 1. The van der Waals surface area contributed by atoms with Gasteiger partial charge in [0.25, 0.3) is 0 Å². The summed E-state index contributed by atoms with van der Waals surface area (Å²) in [6.07, 6.45) is 6.01. The second kappa shape index (κ2) is 4.09. The summed E-state index contributed by atoms with van der Waals surface area (Å²) in [6.45, 7) is 2.25. The molecule has 1 fully saturated rings. The SMILES string of the molecule is COC1(c2nc(O)cn2C)CCCC(C)C1. The third kappa shape index (κ3) is 1.82. The molecule has 1 aliphatic rings. The van der Waals surface area contributed by atoms with Crippen molar-refractivity contribution in [3.8, 4) is 5.88 Å². The van der Waals surface area contributed by atoms with Crippen LogP contribution in [0, 0.1) is 5.92 Å². The Hall–Kier alpha value is -1.03. The molecule has 2 atom stereocenters. The number of ether oxygens (including phenoxy) is 1. The highest BCUT2D eigenvalue weighted by molar-refractivity contribution is 5.15. The molecular weight excluding hydrogens is 204 g/mol. The van der Waals surface area contributed by atoms with Crippen molar-refractivity contribution in [2.75, 3.05) is 7.11 Å². The molecule has 0 bridgehead atoms. The largest absolute Gasteiger partial charge is 0.492 e. The van der Waals surface area contributed by atoms with Gasteiger partial charge in [0.1, 0.15) is 11.4 Å². The average Bonchev–Trinajstić information content (AvgIpc) is 2.58. The first-order valence-corrected chi connectivity index (χ1v) is 5.85. The van der Waals surface area contributed by atoms with Gasteiger partial charge in [-0.15, -0.1) is 0 Å². The van der Waals surface area contributed by atoms with E-state index < -0.39 is 0 Å². The first kappa shape index (κ1) is 11.5. The molecule has 1 heterocycles. The summed E-state index contributed by atoms with van der Waals surface area (Å²) in [5.41, 5.74) is -0.312. The van der Waals surface area contributed by atoms with Gasteiger partial charge in [0, 0.05) is 14.2 Å². The molecule has 1 aromatic rings. The number of aromatic nitrogens is 2. The molecule has 4 heteroatoms. The summed E-state index contributed by atoms with van der Waals surface area (Å²) in [5.74, 6) is 1.57. The molecule has 16 heavy (non-hydrogen) atoms. The van der Waals surface area contributed by atoms with Crippen molar-refractivity contribution in [3.05, 3.63) is 12.0 Å². The number of methoxy groups -OCH3 is 1. The Balaban J connectivity index is 2.37. The number of aryl methyl sites for hydroxylation is 1. The Bertz CT molecular complexity index is 375. The molecule has 1 aromatic heterocycles. The van der Waals surface area contributed by atoms with E-state index in [2.05, 4.69) is 11.9 Å². The lowest BCUT2D eigenvalue weighted by Gasteiger charge is -2.38. The van der Waals surface area contributed by atoms with Gasteiger partial charge in [-0.1, -0.05) is 13.3 Å². The summed E-state index contributed by atoms with van der Waals surface area (Å²) in [4.78, 5) is 4.20. The normalized spacial score (nSPS) is 30.6. The molecule has 1 aliphatic carbocycles. The van der Waals surface area contributed by atoms with Gasteiger partial charge in [0.15, 0.2) is 0 Å². The average molecular weight is 224 g/mol. The zero-order valence-electron chi connectivity index (χ0n) is 10.2. The van der Waals surface area contributed by atoms with Crippen LogP contribution in [0.3, 0.4) is 0 Å². The molecule has 0 aliphatic heterocycles. The number of nitrogens with zero attached hydrogens (tertiary/aromatic N) is 2. The maximum atomic E-state index is 9.45. The Morgan fingerprint density at radius 2 is 2.38 bits per heavy atom. The second-order valence-electron chi connectivity index (χ2n) is 4.93. The van der Waals surface area contributed by atoms with Crippen LogP contribution in [0.1, 0.15) is 38.4 Å². The molecule has 0 amide bonds. The lowest BCUT2D eigenvalue weighted by molar-refractivity contribution is -0.0664. The van der Waals surface area contributed by atoms with Crippen molar-refractivity contribution in [1.82, 2.24) is 9.55 Å². The molecule has 1 saturated carbocycles. The zero-order chi connectivity index (χ0) is 11.8. The van der Waals surface area contributed by atoms with E-state index in [1.54, 1.807) is 13.3 Å². The first-order chi connectivity index (χ1) is 7.57. The van der Waals surface area contributed by atoms with Crippen LogP contribution in [0.15, 0.2) is 6.20 Å². The molecule has 90 valence electrons. The molecule has 0 saturated heterocycles. The van der Waals surface area contributed by atoms with Gasteiger partial charge in [0.05, 0.1) is 6.20 Å². The molecule has 0 radical (unpaired) electrons. The number of rotatable bonds is 2. The maximum absolute atomic E-state index is 9.45.